The van der Waals surface area contributed by atoms with E-state index in [4.69, 9.17) is 16.3 Å². The fraction of sp³-hybridized carbons (Fsp3) is 0.316. The van der Waals surface area contributed by atoms with Gasteiger partial charge in [-0.25, -0.2) is 12.8 Å². The number of benzene rings is 2. The van der Waals surface area contributed by atoms with Crippen molar-refractivity contribution in [3.8, 4) is 5.75 Å². The molecule has 0 bridgehead atoms. The fourth-order valence-corrected chi connectivity index (χ4v) is 3.91. The van der Waals surface area contributed by atoms with Gasteiger partial charge in [0.15, 0.2) is 0 Å². The minimum absolute atomic E-state index is 0.0793. The molecular weight excluding hydrogens is 407 g/mol. The summed E-state index contributed by atoms with van der Waals surface area (Å²) in [6.07, 6.45) is 0.964. The Morgan fingerprint density at radius 1 is 1.29 bits per heavy atom. The summed E-state index contributed by atoms with van der Waals surface area (Å²) in [5.41, 5.74) is 1.00. The number of carbonyl (C=O) groups is 1. The highest BCUT2D eigenvalue weighted by molar-refractivity contribution is 7.92. The van der Waals surface area contributed by atoms with Crippen LogP contribution in [-0.2, 0) is 14.8 Å². The predicted octanol–water partition coefficient (Wildman–Crippen LogP) is 3.14. The number of hydrogen-bond donors (Lipinski definition) is 1. The lowest BCUT2D eigenvalue weighted by atomic mass is 10.2. The summed E-state index contributed by atoms with van der Waals surface area (Å²) in [4.78, 5) is 12.4. The van der Waals surface area contributed by atoms with E-state index in [9.17, 15) is 17.6 Å². The molecule has 0 saturated carbocycles. The molecule has 2 aromatic rings. The zero-order chi connectivity index (χ0) is 20.9. The molecular formula is C19H22ClFN2O4S. The Bertz CT molecular complexity index is 953. The van der Waals surface area contributed by atoms with Crippen molar-refractivity contribution in [3.63, 3.8) is 0 Å². The first-order chi connectivity index (χ1) is 13.1. The first kappa shape index (κ1) is 22.0. The van der Waals surface area contributed by atoms with Gasteiger partial charge >= 0.3 is 0 Å². The maximum absolute atomic E-state index is 13.5. The van der Waals surface area contributed by atoms with Crippen molar-refractivity contribution in [2.24, 2.45) is 0 Å². The highest BCUT2D eigenvalue weighted by atomic mass is 35.5. The maximum Gasteiger partial charge on any atom is 0.243 e. The van der Waals surface area contributed by atoms with Crippen molar-refractivity contribution in [3.05, 3.63) is 58.9 Å². The highest BCUT2D eigenvalue weighted by Gasteiger charge is 2.29. The third-order valence-corrected chi connectivity index (χ3v) is 5.61. The van der Waals surface area contributed by atoms with Crippen molar-refractivity contribution in [2.75, 3.05) is 23.7 Å². The summed E-state index contributed by atoms with van der Waals surface area (Å²) in [7, 11) is -3.80. The van der Waals surface area contributed by atoms with Crippen LogP contribution in [0.2, 0.25) is 5.02 Å². The number of nitrogens with zero attached hydrogens (tertiary/aromatic N) is 1. The number of aryl methyl sites for hydroxylation is 1. The van der Waals surface area contributed by atoms with E-state index in [1.807, 2.05) is 13.0 Å². The predicted molar refractivity (Wildman–Crippen MR) is 108 cm³/mol. The average molecular weight is 429 g/mol. The fourth-order valence-electron chi connectivity index (χ4n) is 2.58. The molecule has 0 unspecified atom stereocenters. The lowest BCUT2D eigenvalue weighted by Crippen LogP contribution is -2.48. The molecule has 0 aliphatic carbocycles. The zero-order valence-electron chi connectivity index (χ0n) is 15.8. The van der Waals surface area contributed by atoms with Gasteiger partial charge in [-0.05, 0) is 49.7 Å². The second-order valence-corrected chi connectivity index (χ2v) is 8.53. The van der Waals surface area contributed by atoms with Gasteiger partial charge in [0.1, 0.15) is 24.2 Å². The van der Waals surface area contributed by atoms with Crippen molar-refractivity contribution in [1.82, 2.24) is 5.32 Å². The molecule has 1 atom stereocenters. The third-order valence-electron chi connectivity index (χ3n) is 3.96. The van der Waals surface area contributed by atoms with Crippen LogP contribution in [-0.4, -0.2) is 39.8 Å². The van der Waals surface area contributed by atoms with Gasteiger partial charge in [0, 0.05) is 5.02 Å². The van der Waals surface area contributed by atoms with E-state index in [-0.39, 0.29) is 18.8 Å². The summed E-state index contributed by atoms with van der Waals surface area (Å²) in [6.45, 7) is 3.65. The normalized spacial score (nSPS) is 12.3. The lowest BCUT2D eigenvalue weighted by molar-refractivity contribution is -0.121. The number of rotatable bonds is 8. The van der Waals surface area contributed by atoms with Crippen LogP contribution in [0.1, 0.15) is 12.5 Å². The summed E-state index contributed by atoms with van der Waals surface area (Å²) in [5, 5.41) is 3.20. The molecule has 152 valence electrons. The first-order valence-electron chi connectivity index (χ1n) is 8.51. The summed E-state index contributed by atoms with van der Waals surface area (Å²) < 4.78 is 44.2. The topological polar surface area (TPSA) is 75.7 Å². The molecule has 9 heteroatoms. The minimum Gasteiger partial charge on any atom is -0.492 e. The van der Waals surface area contributed by atoms with Crippen molar-refractivity contribution in [2.45, 2.75) is 19.9 Å². The summed E-state index contributed by atoms with van der Waals surface area (Å²) in [6, 6.07) is 9.27. The lowest BCUT2D eigenvalue weighted by Gasteiger charge is -2.28. The third kappa shape index (κ3) is 5.84. The maximum atomic E-state index is 13.5. The minimum atomic E-state index is -3.80. The van der Waals surface area contributed by atoms with Gasteiger partial charge in [-0.15, -0.1) is 0 Å². The Kier molecular flexibility index (Phi) is 7.26. The van der Waals surface area contributed by atoms with E-state index in [1.165, 1.54) is 25.1 Å². The van der Waals surface area contributed by atoms with Gasteiger partial charge in [-0.1, -0.05) is 23.7 Å². The Hall–Kier alpha value is -2.32. The molecule has 0 aliphatic rings. The van der Waals surface area contributed by atoms with Crippen LogP contribution < -0.4 is 14.4 Å². The summed E-state index contributed by atoms with van der Waals surface area (Å²) in [5.74, 6) is -0.556. The van der Waals surface area contributed by atoms with E-state index >= 15 is 0 Å². The monoisotopic (exact) mass is 428 g/mol. The molecule has 2 aromatic carbocycles. The molecule has 0 heterocycles. The van der Waals surface area contributed by atoms with Crippen LogP contribution in [0.15, 0.2) is 42.5 Å². The molecule has 0 radical (unpaired) electrons. The standard InChI is InChI=1S/C19H22ClFN2O4S/c1-13-7-8-17(12-18(13)20)27-10-9-22-19(24)14(2)23(28(3,25)26)16-6-4-5-15(21)11-16/h4-8,11-12,14H,9-10H2,1-3H3,(H,22,24)/t14-/m1/s1. The molecule has 0 aromatic heterocycles. The Labute approximate surface area is 169 Å². The van der Waals surface area contributed by atoms with Crippen LogP contribution in [0.4, 0.5) is 10.1 Å². The molecule has 2 rings (SSSR count). The van der Waals surface area contributed by atoms with Crippen LogP contribution in [0.25, 0.3) is 0 Å². The molecule has 0 spiro atoms. The SMILES string of the molecule is Cc1ccc(OCCNC(=O)[C@@H](C)N(c2cccc(F)c2)S(C)(=O)=O)cc1Cl. The summed E-state index contributed by atoms with van der Waals surface area (Å²) >= 11 is 6.03. The number of nitrogens with one attached hydrogen (secondary N) is 1. The van der Waals surface area contributed by atoms with Crippen molar-refractivity contribution < 1.29 is 22.3 Å². The Morgan fingerprint density at radius 2 is 2.00 bits per heavy atom. The van der Waals surface area contributed by atoms with E-state index in [0.717, 1.165) is 22.2 Å². The molecule has 1 N–H and O–H groups in total. The average Bonchev–Trinajstić information content (AvgIpc) is 2.60. The van der Waals surface area contributed by atoms with Gasteiger partial charge in [-0.3, -0.25) is 9.10 Å². The van der Waals surface area contributed by atoms with Crippen molar-refractivity contribution in [1.29, 1.82) is 0 Å². The van der Waals surface area contributed by atoms with Gasteiger partial charge in [0.05, 0.1) is 18.5 Å². The first-order valence-corrected chi connectivity index (χ1v) is 10.7. The molecule has 0 fully saturated rings. The second-order valence-electron chi connectivity index (χ2n) is 6.27. The molecule has 1 amide bonds. The quantitative estimate of drug-likeness (QED) is 0.655. The van der Waals surface area contributed by atoms with Gasteiger partial charge < -0.3 is 10.1 Å². The highest BCUT2D eigenvalue weighted by Crippen LogP contribution is 2.22. The Balaban J connectivity index is 1.98. The van der Waals surface area contributed by atoms with E-state index in [2.05, 4.69) is 5.32 Å². The number of anilines is 1. The molecule has 6 nitrogen and oxygen atoms in total. The Morgan fingerprint density at radius 3 is 2.61 bits per heavy atom. The van der Waals surface area contributed by atoms with Crippen LogP contribution in [0.5, 0.6) is 5.75 Å². The zero-order valence-corrected chi connectivity index (χ0v) is 17.3. The number of hydrogen-bond acceptors (Lipinski definition) is 4. The molecule has 0 saturated heterocycles. The molecule has 0 aliphatic heterocycles. The number of halogens is 2. The van der Waals surface area contributed by atoms with Gasteiger partial charge in [-0.2, -0.15) is 0 Å². The van der Waals surface area contributed by atoms with Crippen LogP contribution in [0, 0.1) is 12.7 Å². The van der Waals surface area contributed by atoms with Crippen LogP contribution in [0.3, 0.4) is 0 Å². The van der Waals surface area contributed by atoms with E-state index in [0.29, 0.717) is 10.8 Å². The van der Waals surface area contributed by atoms with Crippen molar-refractivity contribution >= 4 is 33.2 Å². The second kappa shape index (κ2) is 9.25. The number of amides is 1. The van der Waals surface area contributed by atoms with Gasteiger partial charge in [0.2, 0.25) is 15.9 Å². The van der Waals surface area contributed by atoms with Gasteiger partial charge in [0.25, 0.3) is 0 Å². The molecule has 28 heavy (non-hydrogen) atoms. The number of sulfonamides is 1. The largest absolute Gasteiger partial charge is 0.492 e. The smallest absolute Gasteiger partial charge is 0.243 e. The van der Waals surface area contributed by atoms with E-state index < -0.39 is 27.8 Å². The van der Waals surface area contributed by atoms with Crippen LogP contribution >= 0.6 is 11.6 Å². The number of ether oxygens (including phenoxy) is 1. The van der Waals surface area contributed by atoms with E-state index in [1.54, 1.807) is 12.1 Å². The number of carbonyl (C=O) groups excluding carboxylic acids is 1.